The maximum Gasteiger partial charge on any atom is 0.349 e. The first-order valence-corrected chi connectivity index (χ1v) is 19.7. The third-order valence-corrected chi connectivity index (χ3v) is 12.0. The van der Waals surface area contributed by atoms with Crippen LogP contribution in [0.2, 0.25) is 0 Å². The highest BCUT2D eigenvalue weighted by molar-refractivity contribution is 7.12. The zero-order chi connectivity index (χ0) is 36.8. The number of aryl methyl sites for hydroxylation is 1. The number of aromatic amines is 1. The fraction of sp³-hybridized carbons (Fsp3) is 0.350. The number of esters is 1. The minimum Gasteiger partial charge on any atom is -0.506 e. The van der Waals surface area contributed by atoms with Gasteiger partial charge in [0.05, 0.1) is 15.3 Å². The highest BCUT2D eigenvalue weighted by Gasteiger charge is 2.45. The molecule has 4 aromatic heterocycles. The van der Waals surface area contributed by atoms with E-state index < -0.39 is 11.6 Å². The number of phenolic OH excluding ortho intramolecular Hbond substituents is 1. The van der Waals surface area contributed by atoms with Gasteiger partial charge in [-0.05, 0) is 105 Å². The van der Waals surface area contributed by atoms with Crippen LogP contribution in [-0.2, 0) is 34.5 Å². The van der Waals surface area contributed by atoms with Crippen LogP contribution in [0.3, 0.4) is 0 Å². The molecule has 1 fully saturated rings. The maximum atomic E-state index is 13.4. The first-order chi connectivity index (χ1) is 25.8. The normalized spacial score (nSPS) is 16.4. The number of hydrogen-bond donors (Lipinski definition) is 4. The number of aromatic hydroxyl groups is 1. The van der Waals surface area contributed by atoms with Crippen molar-refractivity contribution in [2.24, 2.45) is 0 Å². The second-order valence-corrected chi connectivity index (χ2v) is 15.5. The molecule has 1 saturated carbocycles. The van der Waals surface area contributed by atoms with Crippen LogP contribution in [0.5, 0.6) is 5.75 Å². The van der Waals surface area contributed by atoms with Gasteiger partial charge in [-0.2, -0.15) is 4.98 Å². The average molecular weight is 754 g/mol. The van der Waals surface area contributed by atoms with Gasteiger partial charge < -0.3 is 34.7 Å². The molecule has 0 atom stereocenters. The SMILES string of the molecule is CN(CCCc1nc(-c2ccc(CNCCc3ccc(O)c4[nH]c(=O)ccc34)cc2)no1)[C@H]1CC[C@H](OC(=O)C(O)(c2cccs2)c2cccs2)CC1. The van der Waals surface area contributed by atoms with Crippen LogP contribution in [0.1, 0.15) is 58.9 Å². The largest absolute Gasteiger partial charge is 0.506 e. The Balaban J connectivity index is 0.823. The molecule has 11 nitrogen and oxygen atoms in total. The third kappa shape index (κ3) is 8.45. The van der Waals surface area contributed by atoms with Gasteiger partial charge in [-0.3, -0.25) is 4.79 Å². The predicted octanol–water partition coefficient (Wildman–Crippen LogP) is 6.39. The summed E-state index contributed by atoms with van der Waals surface area (Å²) >= 11 is 2.71. The number of nitrogens with one attached hydrogen (secondary N) is 2. The Morgan fingerprint density at radius 3 is 2.43 bits per heavy atom. The lowest BCUT2D eigenvalue weighted by Crippen LogP contribution is -2.42. The van der Waals surface area contributed by atoms with E-state index in [1.165, 1.54) is 28.7 Å². The fourth-order valence-corrected chi connectivity index (χ4v) is 8.72. The molecule has 6 aromatic rings. The molecule has 0 saturated heterocycles. The van der Waals surface area contributed by atoms with E-state index in [-0.39, 0.29) is 17.4 Å². The first-order valence-electron chi connectivity index (χ1n) is 18.0. The van der Waals surface area contributed by atoms with Gasteiger partial charge in [0.1, 0.15) is 11.9 Å². The lowest BCUT2D eigenvalue weighted by atomic mass is 9.91. The van der Waals surface area contributed by atoms with Gasteiger partial charge >= 0.3 is 5.97 Å². The van der Waals surface area contributed by atoms with Crippen LogP contribution in [0.4, 0.5) is 0 Å². The Bertz CT molecular complexity index is 2120. The molecule has 1 aliphatic rings. The summed E-state index contributed by atoms with van der Waals surface area (Å²) in [7, 11) is 2.14. The Morgan fingerprint density at radius 1 is 1.00 bits per heavy atom. The monoisotopic (exact) mass is 753 g/mol. The number of carbonyl (C=O) groups excluding carboxylic acids is 1. The number of ether oxygens (including phenoxy) is 1. The van der Waals surface area contributed by atoms with Crippen LogP contribution in [-0.4, -0.2) is 68.5 Å². The van der Waals surface area contributed by atoms with Gasteiger partial charge in [0, 0.05) is 36.0 Å². The number of thiophene rings is 2. The Hall–Kier alpha value is -4.66. The van der Waals surface area contributed by atoms with Crippen molar-refractivity contribution in [2.75, 3.05) is 20.1 Å². The highest BCUT2D eigenvalue weighted by atomic mass is 32.1. The Labute approximate surface area is 315 Å². The summed E-state index contributed by atoms with van der Waals surface area (Å²) < 4.78 is 11.5. The van der Waals surface area contributed by atoms with Gasteiger partial charge in [0.15, 0.2) is 0 Å². The van der Waals surface area contributed by atoms with E-state index in [0.29, 0.717) is 46.0 Å². The maximum absolute atomic E-state index is 13.4. The van der Waals surface area contributed by atoms with Gasteiger partial charge in [0.2, 0.25) is 22.9 Å². The number of hydrogen-bond acceptors (Lipinski definition) is 12. The average Bonchev–Trinajstić information content (AvgIpc) is 3.99. The minimum atomic E-state index is -1.77. The molecule has 0 aliphatic heterocycles. The number of aliphatic hydroxyl groups is 1. The van der Waals surface area contributed by atoms with E-state index in [1.807, 2.05) is 41.1 Å². The Morgan fingerprint density at radius 2 is 1.74 bits per heavy atom. The standard InChI is InChI=1S/C40H43N5O6S2/c1-45(29-13-15-30(16-14-29)50-39(48)40(49,33-5-3-23-52-33)34-6-4-24-53-34)22-2-7-36-43-38(44-51-36)28-10-8-26(9-11-28)25-41-21-20-27-12-18-32(46)37-31(27)17-19-35(47)42-37/h3-6,8-12,17-19,23-24,29-30,41,46,49H,2,7,13-16,20-22,25H2,1H3,(H,42,47)/t29-,30-. The highest BCUT2D eigenvalue weighted by Crippen LogP contribution is 2.38. The molecule has 0 bridgehead atoms. The van der Waals surface area contributed by atoms with E-state index in [0.717, 1.165) is 73.7 Å². The number of pyridine rings is 1. The van der Waals surface area contributed by atoms with E-state index in [2.05, 4.69) is 44.5 Å². The van der Waals surface area contributed by atoms with Crippen molar-refractivity contribution in [3.8, 4) is 17.1 Å². The van der Waals surface area contributed by atoms with E-state index in [9.17, 15) is 19.8 Å². The number of H-pyrrole nitrogens is 1. The quantitative estimate of drug-likeness (QED) is 0.0685. The van der Waals surface area contributed by atoms with E-state index in [1.54, 1.807) is 24.3 Å². The van der Waals surface area contributed by atoms with E-state index >= 15 is 0 Å². The van der Waals surface area contributed by atoms with Crippen molar-refractivity contribution >= 4 is 39.5 Å². The second kappa shape index (κ2) is 16.6. The van der Waals surface area contributed by atoms with Gasteiger partial charge in [-0.25, -0.2) is 4.79 Å². The lowest BCUT2D eigenvalue weighted by molar-refractivity contribution is -0.169. The number of carbonyl (C=O) groups is 1. The molecule has 276 valence electrons. The van der Waals surface area contributed by atoms with Crippen LogP contribution in [0.15, 0.2) is 92.9 Å². The van der Waals surface area contributed by atoms with Crippen LogP contribution >= 0.6 is 22.7 Å². The Kier molecular flexibility index (Phi) is 11.5. The van der Waals surface area contributed by atoms with Crippen molar-refractivity contribution in [2.45, 2.75) is 69.2 Å². The molecule has 0 spiro atoms. The van der Waals surface area contributed by atoms with Crippen molar-refractivity contribution in [3.05, 3.63) is 121 Å². The predicted molar refractivity (Wildman–Crippen MR) is 206 cm³/mol. The van der Waals surface area contributed by atoms with Crippen molar-refractivity contribution in [1.82, 2.24) is 25.3 Å². The topological polar surface area (TPSA) is 154 Å². The van der Waals surface area contributed by atoms with Crippen molar-refractivity contribution < 1.29 is 24.3 Å². The molecule has 13 heteroatoms. The molecule has 0 radical (unpaired) electrons. The number of nitrogens with zero attached hydrogens (tertiary/aromatic N) is 3. The number of phenols is 1. The molecule has 4 heterocycles. The lowest BCUT2D eigenvalue weighted by Gasteiger charge is -2.35. The smallest absolute Gasteiger partial charge is 0.349 e. The van der Waals surface area contributed by atoms with E-state index in [4.69, 9.17) is 9.26 Å². The molecule has 1 aliphatic carbocycles. The molecule has 4 N–H and O–H groups in total. The summed E-state index contributed by atoms with van der Waals surface area (Å²) in [6, 6.07) is 22.5. The first kappa shape index (κ1) is 36.7. The molecule has 7 rings (SSSR count). The van der Waals surface area contributed by atoms with Gasteiger partial charge in [0.25, 0.3) is 0 Å². The van der Waals surface area contributed by atoms with Crippen molar-refractivity contribution in [1.29, 1.82) is 0 Å². The molecule has 53 heavy (non-hydrogen) atoms. The molecule has 2 aromatic carbocycles. The van der Waals surface area contributed by atoms with Gasteiger partial charge in [-0.15, -0.1) is 22.7 Å². The summed E-state index contributed by atoms with van der Waals surface area (Å²) in [5.74, 6) is 0.660. The zero-order valence-corrected chi connectivity index (χ0v) is 31.1. The van der Waals surface area contributed by atoms with Crippen molar-refractivity contribution in [3.63, 3.8) is 0 Å². The van der Waals surface area contributed by atoms with Gasteiger partial charge in [-0.1, -0.05) is 47.6 Å². The van der Waals surface area contributed by atoms with Crippen LogP contribution in [0.25, 0.3) is 22.3 Å². The van der Waals surface area contributed by atoms with Crippen LogP contribution in [0, 0.1) is 0 Å². The summed E-state index contributed by atoms with van der Waals surface area (Å²) in [6.07, 6.45) is 5.45. The summed E-state index contributed by atoms with van der Waals surface area (Å²) in [5, 5.41) is 33.9. The molecular formula is C40H43N5O6S2. The fourth-order valence-electron chi connectivity index (χ4n) is 7.01. The number of fused-ring (bicyclic) bond motifs is 1. The molecular weight excluding hydrogens is 711 g/mol. The number of benzene rings is 2. The molecule has 0 unspecified atom stereocenters. The minimum absolute atomic E-state index is 0.0695. The number of rotatable bonds is 15. The number of aromatic nitrogens is 3. The van der Waals surface area contributed by atoms with Crippen LogP contribution < -0.4 is 10.9 Å². The summed E-state index contributed by atoms with van der Waals surface area (Å²) in [6.45, 7) is 2.31. The second-order valence-electron chi connectivity index (χ2n) is 13.6. The molecule has 0 amide bonds. The zero-order valence-electron chi connectivity index (χ0n) is 29.5. The third-order valence-electron chi connectivity index (χ3n) is 10.0. The summed E-state index contributed by atoms with van der Waals surface area (Å²) in [4.78, 5) is 35.9. The summed E-state index contributed by atoms with van der Waals surface area (Å²) in [5.41, 5.74) is 1.53.